The number of halogens is 1. The zero-order valence-corrected chi connectivity index (χ0v) is 24.6. The largest absolute Gasteiger partial charge is 0.462 e. The van der Waals surface area contributed by atoms with Gasteiger partial charge in [-0.1, -0.05) is 32.0 Å². The summed E-state index contributed by atoms with van der Waals surface area (Å²) in [5.41, 5.74) is 6.79. The lowest BCUT2D eigenvalue weighted by molar-refractivity contribution is -0.173. The van der Waals surface area contributed by atoms with Crippen LogP contribution in [0, 0.1) is 5.92 Å². The third-order valence-electron chi connectivity index (χ3n) is 6.18. The van der Waals surface area contributed by atoms with Crippen molar-refractivity contribution in [2.24, 2.45) is 5.92 Å². The fourth-order valence-electron chi connectivity index (χ4n) is 4.39. The van der Waals surface area contributed by atoms with Crippen molar-refractivity contribution in [3.05, 3.63) is 36.7 Å². The molecule has 0 aliphatic carbocycles. The Morgan fingerprint density at radius 3 is 2.71 bits per heavy atom. The fourth-order valence-corrected chi connectivity index (χ4v) is 5.91. The van der Waals surface area contributed by atoms with Crippen LogP contribution in [0.1, 0.15) is 53.7 Å². The number of hydrogen-bond acceptors (Lipinski definition) is 11. The number of alkyl halides is 1. The topological polar surface area (TPSA) is 165 Å². The lowest BCUT2D eigenvalue weighted by Gasteiger charge is -2.26. The molecule has 0 unspecified atom stereocenters. The Labute approximate surface area is 237 Å². The molecule has 0 amide bonds. The molecule has 5 atom stereocenters. The number of nitrogens with one attached hydrogen (secondary N) is 2. The molecule has 15 heteroatoms. The summed E-state index contributed by atoms with van der Waals surface area (Å²) in [5, 5.41) is 5.73. The van der Waals surface area contributed by atoms with Gasteiger partial charge in [0.25, 0.3) is 0 Å². The van der Waals surface area contributed by atoms with Crippen LogP contribution in [0.2, 0.25) is 0 Å². The molecular weight excluding hydrogens is 556 g/mol. The number of nitrogen functional groups attached to an aromatic ring is 1. The quantitative estimate of drug-likeness (QED) is 0.187. The van der Waals surface area contributed by atoms with E-state index in [1.807, 2.05) is 6.92 Å². The normalized spacial score (nSPS) is 22.9. The maximum Gasteiger partial charge on any atom is 0.459 e. The number of para-hydroxylation sites is 1. The number of hydrogen-bond donors (Lipinski definition) is 3. The highest BCUT2D eigenvalue weighted by atomic mass is 31.2. The summed E-state index contributed by atoms with van der Waals surface area (Å²) in [6.45, 7) is 8.57. The van der Waals surface area contributed by atoms with Crippen molar-refractivity contribution in [3.8, 4) is 5.75 Å². The van der Waals surface area contributed by atoms with Crippen molar-refractivity contribution in [2.45, 2.75) is 71.7 Å². The molecule has 3 aromatic rings. The van der Waals surface area contributed by atoms with Crippen LogP contribution in [0.25, 0.3) is 11.2 Å². The molecule has 4 N–H and O–H groups in total. The SMILES string of the molecule is CCCNc1nc(N)nc2c1ncn2[C@@H]1O[C@](F)(CO[P@@](=O)(N[C@@H](C)C(=O)OC(C)C)Oc2ccccc2)C[C@@H]1C. The number of benzene rings is 1. The second-order valence-electron chi connectivity index (χ2n) is 10.3. The highest BCUT2D eigenvalue weighted by Crippen LogP contribution is 2.49. The molecule has 4 rings (SSSR count). The molecule has 1 aliphatic heterocycles. The molecule has 2 aromatic heterocycles. The first-order chi connectivity index (χ1) is 19.4. The number of carbonyl (C=O) groups is 1. The molecule has 0 radical (unpaired) electrons. The molecule has 0 spiro atoms. The number of ether oxygens (including phenoxy) is 2. The molecule has 13 nitrogen and oxygen atoms in total. The average molecular weight is 594 g/mol. The van der Waals surface area contributed by atoms with Gasteiger partial charge in [0.1, 0.15) is 24.6 Å². The summed E-state index contributed by atoms with van der Waals surface area (Å²) in [4.78, 5) is 25.3. The lowest BCUT2D eigenvalue weighted by Crippen LogP contribution is -2.37. The fraction of sp³-hybridized carbons (Fsp3) is 0.538. The van der Waals surface area contributed by atoms with Crippen LogP contribution in [0.15, 0.2) is 36.7 Å². The van der Waals surface area contributed by atoms with E-state index >= 15 is 4.39 Å². The van der Waals surface area contributed by atoms with E-state index in [2.05, 4.69) is 25.4 Å². The average Bonchev–Trinajstić information content (AvgIpc) is 3.46. The van der Waals surface area contributed by atoms with Crippen LogP contribution in [-0.2, 0) is 23.4 Å². The molecule has 3 heterocycles. The van der Waals surface area contributed by atoms with Crippen molar-refractivity contribution in [3.63, 3.8) is 0 Å². The van der Waals surface area contributed by atoms with E-state index in [-0.39, 0.29) is 30.1 Å². The minimum atomic E-state index is -4.29. The molecule has 1 aliphatic rings. The Balaban J connectivity index is 1.53. The number of carbonyl (C=O) groups excluding carboxylic acids is 1. The van der Waals surface area contributed by atoms with Gasteiger partial charge in [0.15, 0.2) is 17.0 Å². The van der Waals surface area contributed by atoms with Gasteiger partial charge in [0.05, 0.1) is 12.4 Å². The summed E-state index contributed by atoms with van der Waals surface area (Å²) < 4.78 is 53.7. The van der Waals surface area contributed by atoms with Crippen LogP contribution < -0.4 is 20.7 Å². The Kier molecular flexibility index (Phi) is 9.48. The van der Waals surface area contributed by atoms with E-state index in [1.165, 1.54) is 13.3 Å². The number of rotatable bonds is 13. The number of fused-ring (bicyclic) bond motifs is 1. The van der Waals surface area contributed by atoms with Crippen molar-refractivity contribution >= 4 is 36.6 Å². The van der Waals surface area contributed by atoms with E-state index in [0.29, 0.717) is 23.5 Å². The summed E-state index contributed by atoms with van der Waals surface area (Å²) in [6.07, 6.45) is 1.07. The highest BCUT2D eigenvalue weighted by molar-refractivity contribution is 7.52. The van der Waals surface area contributed by atoms with Gasteiger partial charge in [-0.2, -0.15) is 15.1 Å². The summed E-state index contributed by atoms with van der Waals surface area (Å²) in [7, 11) is -4.29. The predicted octanol–water partition coefficient (Wildman–Crippen LogP) is 4.58. The van der Waals surface area contributed by atoms with E-state index in [1.54, 1.807) is 55.7 Å². The number of nitrogens with zero attached hydrogens (tertiary/aromatic N) is 4. The van der Waals surface area contributed by atoms with Crippen molar-refractivity contribution in [1.82, 2.24) is 24.6 Å². The summed E-state index contributed by atoms with van der Waals surface area (Å²) >= 11 is 0. The maximum absolute atomic E-state index is 16.1. The van der Waals surface area contributed by atoms with E-state index < -0.39 is 38.4 Å². The third-order valence-corrected chi connectivity index (χ3v) is 7.80. The van der Waals surface area contributed by atoms with E-state index in [4.69, 9.17) is 24.3 Å². The monoisotopic (exact) mass is 593 g/mol. The second-order valence-corrected chi connectivity index (χ2v) is 12.0. The Morgan fingerprint density at radius 2 is 2.02 bits per heavy atom. The van der Waals surface area contributed by atoms with Gasteiger partial charge in [-0.05, 0) is 39.3 Å². The molecule has 1 saturated heterocycles. The molecule has 0 saturated carbocycles. The van der Waals surface area contributed by atoms with Crippen LogP contribution >= 0.6 is 7.75 Å². The zero-order valence-electron chi connectivity index (χ0n) is 23.7. The van der Waals surface area contributed by atoms with E-state index in [0.717, 1.165) is 6.42 Å². The highest BCUT2D eigenvalue weighted by Gasteiger charge is 2.49. The molecule has 41 heavy (non-hydrogen) atoms. The van der Waals surface area contributed by atoms with Crippen molar-refractivity contribution in [1.29, 1.82) is 0 Å². The number of esters is 1. The van der Waals surface area contributed by atoms with Gasteiger partial charge in [-0.25, -0.2) is 13.9 Å². The zero-order chi connectivity index (χ0) is 29.8. The number of nitrogens with two attached hydrogens (primary N) is 1. The van der Waals surface area contributed by atoms with Crippen molar-refractivity contribution in [2.75, 3.05) is 24.2 Å². The first-order valence-electron chi connectivity index (χ1n) is 13.5. The summed E-state index contributed by atoms with van der Waals surface area (Å²) in [6, 6.07) is 7.15. The van der Waals surface area contributed by atoms with E-state index in [9.17, 15) is 9.36 Å². The number of anilines is 2. The predicted molar refractivity (Wildman–Crippen MR) is 151 cm³/mol. The van der Waals surface area contributed by atoms with Crippen LogP contribution in [0.3, 0.4) is 0 Å². The molecular formula is C26H37FN7O6P. The van der Waals surface area contributed by atoms with Gasteiger partial charge >= 0.3 is 13.7 Å². The van der Waals surface area contributed by atoms with Crippen LogP contribution in [-0.4, -0.2) is 56.6 Å². The van der Waals surface area contributed by atoms with Gasteiger partial charge in [-0.15, -0.1) is 0 Å². The number of imidazole rings is 1. The molecule has 0 bridgehead atoms. The van der Waals surface area contributed by atoms with Gasteiger partial charge in [0.2, 0.25) is 11.8 Å². The lowest BCUT2D eigenvalue weighted by atomic mass is 10.1. The molecule has 1 fully saturated rings. The minimum Gasteiger partial charge on any atom is -0.462 e. The smallest absolute Gasteiger partial charge is 0.459 e. The first-order valence-corrected chi connectivity index (χ1v) is 15.0. The Hall–Kier alpha value is -3.32. The third kappa shape index (κ3) is 7.50. The summed E-state index contributed by atoms with van der Waals surface area (Å²) in [5.74, 6) is -2.65. The van der Waals surface area contributed by atoms with Crippen molar-refractivity contribution < 1.29 is 32.3 Å². The molecule has 224 valence electrons. The molecule has 1 aromatic carbocycles. The Morgan fingerprint density at radius 1 is 1.29 bits per heavy atom. The van der Waals surface area contributed by atoms with Crippen LogP contribution in [0.5, 0.6) is 5.75 Å². The number of aromatic nitrogens is 4. The first kappa shape index (κ1) is 30.6. The van der Waals surface area contributed by atoms with Gasteiger partial charge < -0.3 is 25.0 Å². The minimum absolute atomic E-state index is 0.0357. The second kappa shape index (κ2) is 12.7. The van der Waals surface area contributed by atoms with Crippen LogP contribution in [0.4, 0.5) is 16.2 Å². The Bertz CT molecular complexity index is 1390. The van der Waals surface area contributed by atoms with Gasteiger partial charge in [0, 0.05) is 18.9 Å². The van der Waals surface area contributed by atoms with Gasteiger partial charge in [-0.3, -0.25) is 13.9 Å². The standard InChI is InChI=1S/C26H37FN7O6P/c1-6-12-29-21-20-22(32-25(28)31-21)34(15-30-20)23-17(4)13-26(27,39-23)14-37-41(36,40-19-10-8-7-9-11-19)33-18(5)24(35)38-16(2)3/h7-11,15-18,23H,6,12-14H2,1-5H3,(H,33,36)(H3,28,29,31,32)/t17-,18-,23+,26-,41-/m0/s1. The maximum atomic E-state index is 16.1.